The number of hydrogen-bond acceptors (Lipinski definition) is 2. The molecule has 2 heterocycles. The van der Waals surface area contributed by atoms with Crippen molar-refractivity contribution in [3.8, 4) is 0 Å². The van der Waals surface area contributed by atoms with Crippen LogP contribution in [0.2, 0.25) is 0 Å². The maximum absolute atomic E-state index is 12.7. The Morgan fingerprint density at radius 3 is 2.32 bits per heavy atom. The third kappa shape index (κ3) is 3.26. The van der Waals surface area contributed by atoms with Crippen LogP contribution in [0, 0.1) is 11.8 Å². The number of halogens is 1. The van der Waals surface area contributed by atoms with E-state index in [1.54, 1.807) is 8.61 Å². The fraction of sp³-hybridized carbons (Fsp3) is 1.00. The normalized spacial score (nSPS) is 28.3. The molecule has 1 unspecified atom stereocenters. The molecule has 0 amide bonds. The van der Waals surface area contributed by atoms with Crippen LogP contribution in [0.5, 0.6) is 0 Å². The van der Waals surface area contributed by atoms with E-state index >= 15 is 0 Å². The summed E-state index contributed by atoms with van der Waals surface area (Å²) in [7, 11) is -3.26. The van der Waals surface area contributed by atoms with Gasteiger partial charge in [0.25, 0.3) is 10.2 Å². The van der Waals surface area contributed by atoms with Crippen LogP contribution in [0.1, 0.15) is 39.5 Å². The van der Waals surface area contributed by atoms with Crippen LogP contribution >= 0.6 is 11.6 Å². The summed E-state index contributed by atoms with van der Waals surface area (Å²) >= 11 is 5.86. The van der Waals surface area contributed by atoms with Gasteiger partial charge in [-0.25, -0.2) is 0 Å². The summed E-state index contributed by atoms with van der Waals surface area (Å²) in [4.78, 5) is 0. The largest absolute Gasteiger partial charge is 0.282 e. The minimum Gasteiger partial charge on any atom is -0.195 e. The standard InChI is InChI=1S/C13H25ClN2O2S/c1-11(2)13-4-3-7-16(13)19(17,18)15-8-5-12(10-14)6-9-15/h11-13H,3-10H2,1-2H3. The third-order valence-electron chi connectivity index (χ3n) is 4.43. The number of alkyl halides is 1. The summed E-state index contributed by atoms with van der Waals surface area (Å²) in [5.74, 6) is 1.51. The molecule has 0 N–H and O–H groups in total. The quantitative estimate of drug-likeness (QED) is 0.748. The van der Waals surface area contributed by atoms with Gasteiger partial charge in [-0.15, -0.1) is 11.6 Å². The van der Waals surface area contributed by atoms with Gasteiger partial charge in [0.15, 0.2) is 0 Å². The second kappa shape index (κ2) is 6.29. The van der Waals surface area contributed by atoms with Crippen LogP contribution in [-0.4, -0.2) is 48.6 Å². The van der Waals surface area contributed by atoms with Crippen LogP contribution in [-0.2, 0) is 10.2 Å². The molecule has 6 heteroatoms. The topological polar surface area (TPSA) is 40.6 Å². The molecule has 0 aromatic carbocycles. The third-order valence-corrected chi connectivity index (χ3v) is 6.93. The molecule has 2 rings (SSSR count). The lowest BCUT2D eigenvalue weighted by molar-refractivity contribution is 0.246. The lowest BCUT2D eigenvalue weighted by Crippen LogP contribution is -2.50. The molecule has 1 atom stereocenters. The van der Waals surface area contributed by atoms with Crippen molar-refractivity contribution in [1.29, 1.82) is 0 Å². The first-order valence-corrected chi connectivity index (χ1v) is 9.23. The minimum atomic E-state index is -3.26. The van der Waals surface area contributed by atoms with E-state index in [4.69, 9.17) is 11.6 Å². The highest BCUT2D eigenvalue weighted by molar-refractivity contribution is 7.86. The molecule has 0 radical (unpaired) electrons. The van der Waals surface area contributed by atoms with Gasteiger partial charge in [-0.3, -0.25) is 0 Å². The van der Waals surface area contributed by atoms with Crippen LogP contribution < -0.4 is 0 Å². The molecule has 2 fully saturated rings. The van der Waals surface area contributed by atoms with Gasteiger partial charge in [-0.2, -0.15) is 17.0 Å². The zero-order chi connectivity index (χ0) is 14.0. The second-order valence-electron chi connectivity index (χ2n) is 6.07. The Morgan fingerprint density at radius 1 is 1.16 bits per heavy atom. The second-order valence-corrected chi connectivity index (χ2v) is 8.26. The zero-order valence-electron chi connectivity index (χ0n) is 11.9. The van der Waals surface area contributed by atoms with E-state index in [1.165, 1.54) is 0 Å². The summed E-state index contributed by atoms with van der Waals surface area (Å²) in [6.45, 7) is 6.15. The molecule has 0 spiro atoms. The van der Waals surface area contributed by atoms with E-state index in [1.807, 2.05) is 0 Å². The maximum Gasteiger partial charge on any atom is 0.282 e. The molecule has 0 bridgehead atoms. The number of piperidine rings is 1. The summed E-state index contributed by atoms with van der Waals surface area (Å²) in [5.41, 5.74) is 0. The van der Waals surface area contributed by atoms with Crippen molar-refractivity contribution >= 4 is 21.8 Å². The fourth-order valence-corrected chi connectivity index (χ4v) is 5.49. The lowest BCUT2D eigenvalue weighted by atomic mass is 10.0. The molecular formula is C13H25ClN2O2S. The molecule has 19 heavy (non-hydrogen) atoms. The minimum absolute atomic E-state index is 0.177. The van der Waals surface area contributed by atoms with Gasteiger partial charge in [0.05, 0.1) is 0 Å². The first-order valence-electron chi connectivity index (χ1n) is 7.29. The van der Waals surface area contributed by atoms with Gasteiger partial charge in [0.2, 0.25) is 0 Å². The van der Waals surface area contributed by atoms with Crippen molar-refractivity contribution in [2.24, 2.45) is 11.8 Å². The Kier molecular flexibility index (Phi) is 5.15. The van der Waals surface area contributed by atoms with E-state index in [-0.39, 0.29) is 6.04 Å². The van der Waals surface area contributed by atoms with E-state index < -0.39 is 10.2 Å². The molecule has 2 aliphatic heterocycles. The predicted octanol–water partition coefficient (Wildman–Crippen LogP) is 2.30. The Labute approximate surface area is 122 Å². The lowest BCUT2D eigenvalue weighted by Gasteiger charge is -2.36. The van der Waals surface area contributed by atoms with E-state index in [0.717, 1.165) is 25.7 Å². The first kappa shape index (κ1) is 15.5. The molecule has 0 saturated carbocycles. The summed E-state index contributed by atoms with van der Waals surface area (Å²) < 4.78 is 28.8. The highest BCUT2D eigenvalue weighted by Gasteiger charge is 2.40. The van der Waals surface area contributed by atoms with Gasteiger partial charge < -0.3 is 0 Å². The van der Waals surface area contributed by atoms with Gasteiger partial charge in [-0.1, -0.05) is 13.8 Å². The summed E-state index contributed by atoms with van der Waals surface area (Å²) in [5, 5.41) is 0. The maximum atomic E-state index is 12.7. The Balaban J connectivity index is 2.06. The zero-order valence-corrected chi connectivity index (χ0v) is 13.5. The SMILES string of the molecule is CC(C)C1CCCN1S(=O)(=O)N1CCC(CCl)CC1. The predicted molar refractivity (Wildman–Crippen MR) is 78.5 cm³/mol. The van der Waals surface area contributed by atoms with Crippen molar-refractivity contribution in [3.05, 3.63) is 0 Å². The highest BCUT2D eigenvalue weighted by Crippen LogP contribution is 2.30. The number of hydrogen-bond donors (Lipinski definition) is 0. The van der Waals surface area contributed by atoms with Crippen molar-refractivity contribution < 1.29 is 8.42 Å². The average Bonchev–Trinajstić information content (AvgIpc) is 2.89. The monoisotopic (exact) mass is 308 g/mol. The molecule has 0 aromatic rings. The Bertz CT molecular complexity index is 391. The van der Waals surface area contributed by atoms with E-state index in [0.29, 0.717) is 37.4 Å². The molecule has 2 aliphatic rings. The van der Waals surface area contributed by atoms with Crippen molar-refractivity contribution in [2.45, 2.75) is 45.6 Å². The molecule has 2 saturated heterocycles. The molecule has 112 valence electrons. The molecule has 0 aromatic heterocycles. The van der Waals surface area contributed by atoms with Gasteiger partial charge in [0, 0.05) is 31.6 Å². The van der Waals surface area contributed by atoms with Gasteiger partial charge in [0.1, 0.15) is 0 Å². The fourth-order valence-electron chi connectivity index (χ4n) is 3.16. The van der Waals surface area contributed by atoms with Crippen LogP contribution in [0.25, 0.3) is 0 Å². The molecular weight excluding hydrogens is 284 g/mol. The Hall–Kier alpha value is 0.160. The highest BCUT2D eigenvalue weighted by atomic mass is 35.5. The van der Waals surface area contributed by atoms with Crippen LogP contribution in [0.15, 0.2) is 0 Å². The number of rotatable bonds is 4. The van der Waals surface area contributed by atoms with Crippen molar-refractivity contribution in [3.63, 3.8) is 0 Å². The summed E-state index contributed by atoms with van der Waals surface area (Å²) in [6.07, 6.45) is 3.76. The van der Waals surface area contributed by atoms with E-state index in [2.05, 4.69) is 13.8 Å². The molecule has 4 nitrogen and oxygen atoms in total. The molecule has 0 aliphatic carbocycles. The van der Waals surface area contributed by atoms with E-state index in [9.17, 15) is 8.42 Å². The summed E-state index contributed by atoms with van der Waals surface area (Å²) in [6, 6.07) is 0.177. The van der Waals surface area contributed by atoms with Gasteiger partial charge >= 0.3 is 0 Å². The van der Waals surface area contributed by atoms with Crippen LogP contribution in [0.4, 0.5) is 0 Å². The smallest absolute Gasteiger partial charge is 0.195 e. The Morgan fingerprint density at radius 2 is 1.79 bits per heavy atom. The number of nitrogens with zero attached hydrogens (tertiary/aromatic N) is 2. The first-order chi connectivity index (χ1) is 8.96. The van der Waals surface area contributed by atoms with Crippen molar-refractivity contribution in [2.75, 3.05) is 25.5 Å². The van der Waals surface area contributed by atoms with Gasteiger partial charge in [-0.05, 0) is 37.5 Å². The van der Waals surface area contributed by atoms with Crippen molar-refractivity contribution in [1.82, 2.24) is 8.61 Å². The van der Waals surface area contributed by atoms with Crippen LogP contribution in [0.3, 0.4) is 0 Å². The average molecular weight is 309 g/mol.